The van der Waals surface area contributed by atoms with Crippen LogP contribution in [-0.4, -0.2) is 36.0 Å². The highest BCUT2D eigenvalue weighted by atomic mass is 16.5. The van der Waals surface area contributed by atoms with Crippen LogP contribution in [-0.2, 0) is 9.59 Å². The molecule has 3 aromatic rings. The van der Waals surface area contributed by atoms with Gasteiger partial charge in [-0.25, -0.2) is 0 Å². The monoisotopic (exact) mass is 416 g/mol. The zero-order valence-corrected chi connectivity index (χ0v) is 17.0. The minimum Gasteiger partial charge on any atom is -0.507 e. The second kappa shape index (κ2) is 8.31. The summed E-state index contributed by atoms with van der Waals surface area (Å²) in [4.78, 5) is 31.7. The third-order valence-electron chi connectivity index (χ3n) is 5.17. The number of amides is 1. The molecular formula is C24H20N2O5. The van der Waals surface area contributed by atoms with Crippen LogP contribution in [0.15, 0.2) is 78.6 Å². The van der Waals surface area contributed by atoms with E-state index >= 15 is 0 Å². The van der Waals surface area contributed by atoms with Gasteiger partial charge in [-0.2, -0.15) is 0 Å². The highest BCUT2D eigenvalue weighted by molar-refractivity contribution is 6.52. The van der Waals surface area contributed by atoms with Crippen molar-refractivity contribution in [2.75, 3.05) is 19.1 Å². The Kier molecular flexibility index (Phi) is 5.41. The fourth-order valence-electron chi connectivity index (χ4n) is 3.76. The maximum Gasteiger partial charge on any atom is 0.300 e. The topological polar surface area (TPSA) is 89.0 Å². The van der Waals surface area contributed by atoms with Gasteiger partial charge < -0.3 is 14.6 Å². The third kappa shape index (κ3) is 3.40. The number of rotatable bonds is 5. The Morgan fingerprint density at radius 3 is 2.19 bits per heavy atom. The molecule has 2 aromatic carbocycles. The Hall–Kier alpha value is -4.13. The number of benzene rings is 2. The van der Waals surface area contributed by atoms with E-state index in [1.54, 1.807) is 73.1 Å². The highest BCUT2D eigenvalue weighted by Crippen LogP contribution is 2.45. The van der Waals surface area contributed by atoms with E-state index in [9.17, 15) is 14.7 Å². The molecule has 31 heavy (non-hydrogen) atoms. The first-order chi connectivity index (χ1) is 15.1. The van der Waals surface area contributed by atoms with Crippen molar-refractivity contribution in [1.82, 2.24) is 4.98 Å². The number of aliphatic hydroxyl groups is 1. The molecule has 0 bridgehead atoms. The lowest BCUT2D eigenvalue weighted by molar-refractivity contribution is -0.132. The van der Waals surface area contributed by atoms with Gasteiger partial charge in [0.05, 0.1) is 37.1 Å². The summed E-state index contributed by atoms with van der Waals surface area (Å²) in [5.41, 5.74) is 1.33. The average Bonchev–Trinajstić information content (AvgIpc) is 3.09. The van der Waals surface area contributed by atoms with Crippen LogP contribution in [0.5, 0.6) is 11.5 Å². The van der Waals surface area contributed by atoms with Gasteiger partial charge in [0.15, 0.2) is 0 Å². The number of hydrogen-bond acceptors (Lipinski definition) is 6. The van der Waals surface area contributed by atoms with Crippen molar-refractivity contribution in [2.45, 2.75) is 6.04 Å². The van der Waals surface area contributed by atoms with Gasteiger partial charge in [-0.15, -0.1) is 0 Å². The zero-order valence-electron chi connectivity index (χ0n) is 17.0. The van der Waals surface area contributed by atoms with E-state index < -0.39 is 17.7 Å². The first-order valence-electron chi connectivity index (χ1n) is 9.55. The molecule has 1 saturated heterocycles. The van der Waals surface area contributed by atoms with Crippen LogP contribution in [0.1, 0.15) is 17.2 Å². The number of pyridine rings is 1. The number of ketones is 1. The maximum atomic E-state index is 13.2. The highest BCUT2D eigenvalue weighted by Gasteiger charge is 2.48. The Morgan fingerprint density at radius 2 is 1.52 bits per heavy atom. The maximum absolute atomic E-state index is 13.2. The summed E-state index contributed by atoms with van der Waals surface area (Å²) in [6, 6.07) is 16.2. The predicted molar refractivity (Wildman–Crippen MR) is 115 cm³/mol. The van der Waals surface area contributed by atoms with Crippen molar-refractivity contribution in [2.24, 2.45) is 0 Å². The molecule has 1 amide bonds. The number of carbonyl (C=O) groups excluding carboxylic acids is 2. The molecule has 1 aliphatic rings. The van der Waals surface area contributed by atoms with Crippen LogP contribution < -0.4 is 14.4 Å². The van der Waals surface area contributed by atoms with Gasteiger partial charge in [0.1, 0.15) is 17.3 Å². The SMILES string of the molecule is COc1ccccc1/C(O)=C1/C(=O)C(=O)N(c2ccccc2OC)C1c1ccncc1. The fraction of sp³-hybridized carbons (Fsp3) is 0.125. The number of hydrogen-bond donors (Lipinski definition) is 1. The Labute approximate surface area is 179 Å². The Morgan fingerprint density at radius 1 is 0.903 bits per heavy atom. The standard InChI is InChI=1S/C24H20N2O5/c1-30-18-9-5-3-7-16(18)22(27)20-21(15-11-13-25-14-12-15)26(24(29)23(20)28)17-8-4-6-10-19(17)31-2/h3-14,21,27H,1-2H3/b22-20-. The summed E-state index contributed by atoms with van der Waals surface area (Å²) in [6.45, 7) is 0. The molecule has 1 aromatic heterocycles. The normalized spacial score (nSPS) is 17.6. The van der Waals surface area contributed by atoms with Crippen molar-refractivity contribution in [3.63, 3.8) is 0 Å². The van der Waals surface area contributed by atoms with E-state index in [0.717, 1.165) is 0 Å². The number of para-hydroxylation sites is 3. The summed E-state index contributed by atoms with van der Waals surface area (Å²) in [5.74, 6) is -1.05. The van der Waals surface area contributed by atoms with Crippen LogP contribution in [0, 0.1) is 0 Å². The van der Waals surface area contributed by atoms with Gasteiger partial charge in [0, 0.05) is 12.4 Å². The van der Waals surface area contributed by atoms with Crippen LogP contribution in [0.25, 0.3) is 5.76 Å². The van der Waals surface area contributed by atoms with Gasteiger partial charge in [-0.3, -0.25) is 19.5 Å². The molecule has 1 unspecified atom stereocenters. The van der Waals surface area contributed by atoms with Crippen LogP contribution in [0.2, 0.25) is 0 Å². The molecule has 1 aliphatic heterocycles. The number of Topliss-reactive ketones (excluding diaryl/α,β-unsaturated/α-hetero) is 1. The van der Waals surface area contributed by atoms with Gasteiger partial charge in [0.25, 0.3) is 11.7 Å². The molecule has 0 spiro atoms. The number of nitrogens with zero attached hydrogens (tertiary/aromatic N) is 2. The average molecular weight is 416 g/mol. The summed E-state index contributed by atoms with van der Waals surface area (Å²) >= 11 is 0. The number of carbonyl (C=O) groups is 2. The quantitative estimate of drug-likeness (QED) is 0.387. The second-order valence-electron chi connectivity index (χ2n) is 6.82. The third-order valence-corrected chi connectivity index (χ3v) is 5.17. The number of anilines is 1. The molecule has 1 atom stereocenters. The van der Waals surface area contributed by atoms with Crippen molar-refractivity contribution >= 4 is 23.1 Å². The summed E-state index contributed by atoms with van der Waals surface area (Å²) in [7, 11) is 2.96. The van der Waals surface area contributed by atoms with Gasteiger partial charge in [-0.1, -0.05) is 24.3 Å². The lowest BCUT2D eigenvalue weighted by Crippen LogP contribution is -2.29. The van der Waals surface area contributed by atoms with Crippen molar-refractivity contribution in [1.29, 1.82) is 0 Å². The van der Waals surface area contributed by atoms with Gasteiger partial charge in [0.2, 0.25) is 0 Å². The molecule has 1 fully saturated rings. The second-order valence-corrected chi connectivity index (χ2v) is 6.82. The molecule has 0 aliphatic carbocycles. The van der Waals surface area contributed by atoms with Crippen molar-refractivity contribution in [3.05, 3.63) is 89.8 Å². The van der Waals surface area contributed by atoms with Gasteiger partial charge >= 0.3 is 0 Å². The summed E-state index contributed by atoms with van der Waals surface area (Å²) < 4.78 is 10.8. The molecule has 4 rings (SSSR count). The summed E-state index contributed by atoms with van der Waals surface area (Å²) in [5, 5.41) is 11.2. The smallest absolute Gasteiger partial charge is 0.300 e. The predicted octanol–water partition coefficient (Wildman–Crippen LogP) is 3.73. The van der Waals surface area contributed by atoms with E-state index in [1.807, 2.05) is 0 Å². The largest absolute Gasteiger partial charge is 0.507 e. The number of ether oxygens (including phenoxy) is 2. The first-order valence-corrected chi connectivity index (χ1v) is 9.55. The molecule has 156 valence electrons. The minimum atomic E-state index is -0.871. The lowest BCUT2D eigenvalue weighted by atomic mass is 9.95. The van der Waals surface area contributed by atoms with Crippen LogP contribution in [0.3, 0.4) is 0 Å². The molecular weight excluding hydrogens is 396 g/mol. The Balaban J connectivity index is 1.99. The first kappa shape index (κ1) is 20.2. The molecule has 0 radical (unpaired) electrons. The molecule has 0 saturated carbocycles. The molecule has 7 nitrogen and oxygen atoms in total. The fourth-order valence-corrected chi connectivity index (χ4v) is 3.76. The summed E-state index contributed by atoms with van der Waals surface area (Å²) in [6.07, 6.45) is 3.14. The number of aliphatic hydroxyl groups excluding tert-OH is 1. The molecule has 2 heterocycles. The number of aromatic nitrogens is 1. The molecule has 7 heteroatoms. The number of methoxy groups -OCH3 is 2. The molecule has 1 N–H and O–H groups in total. The zero-order chi connectivity index (χ0) is 22.0. The van der Waals surface area contributed by atoms with E-state index in [0.29, 0.717) is 28.3 Å². The van der Waals surface area contributed by atoms with Crippen LogP contribution in [0.4, 0.5) is 5.69 Å². The van der Waals surface area contributed by atoms with E-state index in [1.165, 1.54) is 19.1 Å². The van der Waals surface area contributed by atoms with E-state index in [-0.39, 0.29) is 11.3 Å². The van der Waals surface area contributed by atoms with Crippen molar-refractivity contribution < 1.29 is 24.2 Å². The van der Waals surface area contributed by atoms with Crippen molar-refractivity contribution in [3.8, 4) is 11.5 Å². The Bertz CT molecular complexity index is 1170. The minimum absolute atomic E-state index is 0.0355. The van der Waals surface area contributed by atoms with E-state index in [2.05, 4.69) is 4.98 Å². The van der Waals surface area contributed by atoms with E-state index in [4.69, 9.17) is 9.47 Å². The lowest BCUT2D eigenvalue weighted by Gasteiger charge is -2.26. The van der Waals surface area contributed by atoms with Gasteiger partial charge in [-0.05, 0) is 42.0 Å². The van der Waals surface area contributed by atoms with Crippen LogP contribution >= 0.6 is 0 Å².